The van der Waals surface area contributed by atoms with Crippen LogP contribution in [0.2, 0.25) is 5.02 Å². The van der Waals surface area contributed by atoms with Crippen LogP contribution in [0.4, 0.5) is 28.9 Å². The predicted octanol–water partition coefficient (Wildman–Crippen LogP) is 5.88. The molecule has 31 heavy (non-hydrogen) atoms. The Kier molecular flexibility index (Phi) is 7.19. The molecule has 0 atom stereocenters. The van der Waals surface area contributed by atoms with Crippen molar-refractivity contribution in [3.8, 4) is 0 Å². The Balaban J connectivity index is 1.57. The third-order valence-corrected chi connectivity index (χ3v) is 5.19. The van der Waals surface area contributed by atoms with Crippen LogP contribution in [-0.2, 0) is 4.79 Å². The number of benzene rings is 3. The monoisotopic (exact) mass is 468 g/mol. The second-order valence-electron chi connectivity index (χ2n) is 6.17. The van der Waals surface area contributed by atoms with Crippen LogP contribution in [0.1, 0.15) is 10.4 Å². The molecule has 0 unspecified atom stereocenters. The van der Waals surface area contributed by atoms with E-state index in [1.165, 1.54) is 6.07 Å². The van der Waals surface area contributed by atoms with Crippen LogP contribution in [-0.4, -0.2) is 17.6 Å². The maximum atomic E-state index is 13.6. The quantitative estimate of drug-likeness (QED) is 0.270. The lowest BCUT2D eigenvalue weighted by molar-refractivity contribution is -0.113. The summed E-state index contributed by atoms with van der Waals surface area (Å²) in [5.41, 5.74) is -0.295. The van der Waals surface area contributed by atoms with E-state index >= 15 is 0 Å². The van der Waals surface area contributed by atoms with Crippen LogP contribution in [0.5, 0.6) is 0 Å². The molecule has 3 aromatic rings. The minimum absolute atomic E-state index is 0.0573. The smallest absolute Gasteiger partial charge is 0.255 e. The zero-order valence-corrected chi connectivity index (χ0v) is 17.1. The van der Waals surface area contributed by atoms with E-state index in [-0.39, 0.29) is 17.7 Å². The Hall–Kier alpha value is -3.04. The highest BCUT2D eigenvalue weighted by molar-refractivity contribution is 8.00. The summed E-state index contributed by atoms with van der Waals surface area (Å²) in [6.45, 7) is 0. The van der Waals surface area contributed by atoms with Crippen molar-refractivity contribution < 1.29 is 27.2 Å². The molecule has 2 N–H and O–H groups in total. The van der Waals surface area contributed by atoms with Gasteiger partial charge in [0.1, 0.15) is 5.69 Å². The second-order valence-corrected chi connectivity index (χ2v) is 7.65. The lowest BCUT2D eigenvalue weighted by Crippen LogP contribution is -2.17. The van der Waals surface area contributed by atoms with E-state index in [0.717, 1.165) is 11.8 Å². The van der Waals surface area contributed by atoms with Gasteiger partial charge in [-0.05, 0) is 42.5 Å². The molecule has 0 spiro atoms. The number of rotatable bonds is 6. The summed E-state index contributed by atoms with van der Waals surface area (Å²) < 4.78 is 53.6. The molecule has 3 aromatic carbocycles. The average Bonchev–Trinajstić information content (AvgIpc) is 2.75. The zero-order valence-electron chi connectivity index (χ0n) is 15.5. The third-order valence-electron chi connectivity index (χ3n) is 3.95. The van der Waals surface area contributed by atoms with Crippen molar-refractivity contribution >= 4 is 46.6 Å². The molecular weight excluding hydrogens is 456 g/mol. The Morgan fingerprint density at radius 3 is 2.13 bits per heavy atom. The molecule has 0 aliphatic rings. The van der Waals surface area contributed by atoms with Crippen molar-refractivity contribution in [1.29, 1.82) is 0 Å². The Morgan fingerprint density at radius 2 is 1.52 bits per heavy atom. The molecule has 0 saturated heterocycles. The number of carbonyl (C=O) groups is 2. The van der Waals surface area contributed by atoms with Crippen LogP contribution in [0.3, 0.4) is 0 Å². The molecule has 0 saturated carbocycles. The van der Waals surface area contributed by atoms with E-state index in [9.17, 15) is 27.2 Å². The molecule has 0 bridgehead atoms. The molecule has 0 heterocycles. The summed E-state index contributed by atoms with van der Waals surface area (Å²) in [4.78, 5) is 24.7. The summed E-state index contributed by atoms with van der Waals surface area (Å²) in [6.07, 6.45) is 0. The lowest BCUT2D eigenvalue weighted by Gasteiger charge is -2.09. The fourth-order valence-electron chi connectivity index (χ4n) is 2.47. The summed E-state index contributed by atoms with van der Waals surface area (Å²) >= 11 is 6.88. The summed E-state index contributed by atoms with van der Waals surface area (Å²) in [5, 5.41) is 4.95. The van der Waals surface area contributed by atoms with Crippen molar-refractivity contribution in [2.24, 2.45) is 0 Å². The Morgan fingerprint density at radius 1 is 0.871 bits per heavy atom. The molecule has 0 aromatic heterocycles. The summed E-state index contributed by atoms with van der Waals surface area (Å²) in [5.74, 6) is -8.07. The van der Waals surface area contributed by atoms with Crippen molar-refractivity contribution in [3.05, 3.63) is 88.5 Å². The molecule has 160 valence electrons. The number of anilines is 2. The van der Waals surface area contributed by atoms with Gasteiger partial charge in [0.05, 0.1) is 5.75 Å². The maximum absolute atomic E-state index is 13.6. The SMILES string of the molecule is O=C(CSc1ccc(NC(=O)c2cccc(Cl)c2)cc1)Nc1c(F)c(F)cc(F)c1F. The van der Waals surface area contributed by atoms with Gasteiger partial charge >= 0.3 is 0 Å². The highest BCUT2D eigenvalue weighted by Crippen LogP contribution is 2.25. The molecule has 4 nitrogen and oxygen atoms in total. The number of carbonyl (C=O) groups excluding carboxylic acids is 2. The number of hydrogen-bond acceptors (Lipinski definition) is 3. The van der Waals surface area contributed by atoms with Crippen molar-refractivity contribution in [2.75, 3.05) is 16.4 Å². The van der Waals surface area contributed by atoms with E-state index in [4.69, 9.17) is 11.6 Å². The normalized spacial score (nSPS) is 10.6. The molecule has 3 rings (SSSR count). The Bertz CT molecular complexity index is 1120. The van der Waals surface area contributed by atoms with Gasteiger partial charge in [0.2, 0.25) is 5.91 Å². The van der Waals surface area contributed by atoms with E-state index in [1.54, 1.807) is 42.5 Å². The van der Waals surface area contributed by atoms with E-state index in [2.05, 4.69) is 5.32 Å². The topological polar surface area (TPSA) is 58.2 Å². The molecule has 0 aliphatic carbocycles. The van der Waals surface area contributed by atoms with E-state index in [1.807, 2.05) is 5.32 Å². The number of halogens is 5. The van der Waals surface area contributed by atoms with E-state index < -0.39 is 34.9 Å². The fourth-order valence-corrected chi connectivity index (χ4v) is 3.36. The predicted molar refractivity (Wildman–Crippen MR) is 111 cm³/mol. The first kappa shape index (κ1) is 22.6. The highest BCUT2D eigenvalue weighted by atomic mass is 35.5. The second kappa shape index (κ2) is 9.84. The van der Waals surface area contributed by atoms with Crippen LogP contribution in [0.25, 0.3) is 0 Å². The molecule has 0 fully saturated rings. The number of amides is 2. The van der Waals surface area contributed by atoms with Gasteiger partial charge < -0.3 is 10.6 Å². The number of hydrogen-bond donors (Lipinski definition) is 2. The van der Waals surface area contributed by atoms with Gasteiger partial charge in [0, 0.05) is 27.2 Å². The van der Waals surface area contributed by atoms with Crippen LogP contribution in [0.15, 0.2) is 59.5 Å². The summed E-state index contributed by atoms with van der Waals surface area (Å²) in [6, 6.07) is 12.9. The van der Waals surface area contributed by atoms with Gasteiger partial charge in [-0.15, -0.1) is 11.8 Å². The average molecular weight is 469 g/mol. The van der Waals surface area contributed by atoms with E-state index in [0.29, 0.717) is 21.2 Å². The number of thioether (sulfide) groups is 1. The number of nitrogens with one attached hydrogen (secondary N) is 2. The molecule has 2 amide bonds. The van der Waals surface area contributed by atoms with Gasteiger partial charge in [-0.2, -0.15) is 0 Å². The molecular formula is C21H13ClF4N2O2S. The van der Waals surface area contributed by atoms with Crippen molar-refractivity contribution in [1.82, 2.24) is 0 Å². The highest BCUT2D eigenvalue weighted by Gasteiger charge is 2.20. The third kappa shape index (κ3) is 5.77. The van der Waals surface area contributed by atoms with Crippen LogP contribution >= 0.6 is 23.4 Å². The lowest BCUT2D eigenvalue weighted by atomic mass is 10.2. The zero-order chi connectivity index (χ0) is 22.5. The van der Waals surface area contributed by atoms with Gasteiger partial charge in [0.15, 0.2) is 23.3 Å². The van der Waals surface area contributed by atoms with Gasteiger partial charge in [0.25, 0.3) is 5.91 Å². The van der Waals surface area contributed by atoms with Crippen molar-refractivity contribution in [2.45, 2.75) is 4.90 Å². The first-order valence-electron chi connectivity index (χ1n) is 8.67. The molecule has 0 aliphatic heterocycles. The van der Waals surface area contributed by atoms with Crippen LogP contribution < -0.4 is 10.6 Å². The summed E-state index contributed by atoms with van der Waals surface area (Å²) in [7, 11) is 0. The fraction of sp³-hybridized carbons (Fsp3) is 0.0476. The maximum Gasteiger partial charge on any atom is 0.255 e. The minimum Gasteiger partial charge on any atom is -0.322 e. The van der Waals surface area contributed by atoms with Crippen molar-refractivity contribution in [3.63, 3.8) is 0 Å². The minimum atomic E-state index is -1.68. The molecule has 10 heteroatoms. The standard InChI is InChI=1S/C21H13ClF4N2O2S/c22-12-3-1-2-11(8-12)21(30)27-13-4-6-14(7-5-13)31-10-17(29)28-20-18(25)15(23)9-16(24)19(20)26/h1-9H,10H2,(H,27,30)(H,28,29). The van der Waals surface area contributed by atoms with Gasteiger partial charge in [-0.25, -0.2) is 17.6 Å². The largest absolute Gasteiger partial charge is 0.322 e. The Labute approximate surface area is 183 Å². The van der Waals surface area contributed by atoms with Gasteiger partial charge in [-0.3, -0.25) is 9.59 Å². The first-order valence-corrected chi connectivity index (χ1v) is 10.0. The molecule has 0 radical (unpaired) electrons. The van der Waals surface area contributed by atoms with Gasteiger partial charge in [-0.1, -0.05) is 17.7 Å². The first-order chi connectivity index (χ1) is 14.7. The van der Waals surface area contributed by atoms with Crippen LogP contribution in [0, 0.1) is 23.3 Å².